The smallest absolute Gasteiger partial charge is 0.270 e. The van der Waals surface area contributed by atoms with Crippen molar-refractivity contribution in [1.82, 2.24) is 29.9 Å². The highest BCUT2D eigenvalue weighted by molar-refractivity contribution is 6.76. The fourth-order valence-corrected chi connectivity index (χ4v) is 5.46. The second-order valence-corrected chi connectivity index (χ2v) is 18.2. The number of halogens is 3. The highest BCUT2D eigenvalue weighted by Crippen LogP contribution is 2.29. The zero-order valence-corrected chi connectivity index (χ0v) is 27.5. The fourth-order valence-electron chi connectivity index (χ4n) is 4.40. The Bertz CT molecular complexity index is 1370. The van der Waals surface area contributed by atoms with Crippen LogP contribution in [0, 0.1) is 19.7 Å². The van der Waals surface area contributed by atoms with Crippen molar-refractivity contribution in [3.05, 3.63) is 47.4 Å². The second-order valence-electron chi connectivity index (χ2n) is 11.3. The van der Waals surface area contributed by atoms with Crippen LogP contribution in [-0.4, -0.2) is 61.9 Å². The summed E-state index contributed by atoms with van der Waals surface area (Å²) >= 11 is 11.7. The highest BCUT2D eigenvalue weighted by atomic mass is 35.5. The summed E-state index contributed by atoms with van der Waals surface area (Å²) in [6, 6.07) is 2.95. The molecule has 230 valence electrons. The zero-order chi connectivity index (χ0) is 31.0. The summed E-state index contributed by atoms with van der Waals surface area (Å²) in [7, 11) is -1.20. The summed E-state index contributed by atoms with van der Waals surface area (Å²) in [5.74, 6) is -2.04. The lowest BCUT2D eigenvalue weighted by Crippen LogP contribution is -2.44. The average molecular weight is 641 g/mol. The van der Waals surface area contributed by atoms with Gasteiger partial charge in [-0.2, -0.15) is 10.2 Å². The van der Waals surface area contributed by atoms with Gasteiger partial charge in [0.1, 0.15) is 23.3 Å². The first kappa shape index (κ1) is 33.7. The number of carbonyl (C=O) groups is 2. The second kappa shape index (κ2) is 15.1. The molecule has 10 nitrogen and oxygen atoms in total. The molecule has 3 aromatic rings. The summed E-state index contributed by atoms with van der Waals surface area (Å²) in [5.41, 5.74) is 3.13. The fraction of sp³-hybridized carbons (Fsp3) is 0.536. The van der Waals surface area contributed by atoms with Crippen LogP contribution in [-0.2, 0) is 22.8 Å². The standard InChI is InChI=1S/C28H40Cl2FN7O3Si/c1-7-37-23(11-12-33-37)28(40)34-22(9-8-10-24(29)30)27(39)35-26-21(31)15-20(16-32-26)25-18(2)36-38(19(25)3)17-41-13-14-42(4,5)6/h11-12,15-16,22,24H,7-10,13-14,17H2,1-6H3,(H,34,40)(H,32,35,39). The normalized spacial score (nSPS) is 12.5. The number of aryl methyl sites for hydroxylation is 2. The molecule has 0 aliphatic carbocycles. The number of anilines is 1. The summed E-state index contributed by atoms with van der Waals surface area (Å²) in [4.78, 5) is 29.7. The van der Waals surface area contributed by atoms with Crippen LogP contribution in [0.4, 0.5) is 10.2 Å². The number of nitrogens with zero attached hydrogens (tertiary/aromatic N) is 5. The molecule has 2 N–H and O–H groups in total. The van der Waals surface area contributed by atoms with Crippen molar-refractivity contribution >= 4 is 48.9 Å². The Morgan fingerprint density at radius 2 is 1.90 bits per heavy atom. The minimum absolute atomic E-state index is 0.241. The lowest BCUT2D eigenvalue weighted by molar-refractivity contribution is -0.118. The van der Waals surface area contributed by atoms with Gasteiger partial charge in [0, 0.05) is 50.4 Å². The Labute approximate surface area is 257 Å². The van der Waals surface area contributed by atoms with Crippen LogP contribution >= 0.6 is 23.2 Å². The summed E-state index contributed by atoms with van der Waals surface area (Å²) in [6.45, 7) is 13.9. The van der Waals surface area contributed by atoms with E-state index in [9.17, 15) is 9.59 Å². The predicted molar refractivity (Wildman–Crippen MR) is 166 cm³/mol. The van der Waals surface area contributed by atoms with E-state index in [1.165, 1.54) is 23.1 Å². The van der Waals surface area contributed by atoms with Crippen LogP contribution in [0.5, 0.6) is 0 Å². The first-order valence-corrected chi connectivity index (χ1v) is 18.6. The molecule has 0 saturated carbocycles. The molecule has 3 rings (SSSR count). The number of pyridine rings is 1. The minimum atomic E-state index is -1.20. The van der Waals surface area contributed by atoms with Gasteiger partial charge < -0.3 is 15.4 Å². The maximum atomic E-state index is 15.3. The van der Waals surface area contributed by atoms with Gasteiger partial charge in [-0.15, -0.1) is 23.2 Å². The molecule has 0 aliphatic heterocycles. The minimum Gasteiger partial charge on any atom is -0.360 e. The number of nitrogens with one attached hydrogen (secondary N) is 2. The molecule has 3 aromatic heterocycles. The monoisotopic (exact) mass is 639 g/mol. The molecule has 0 bridgehead atoms. The molecular weight excluding hydrogens is 600 g/mol. The number of alkyl halides is 2. The zero-order valence-electron chi connectivity index (χ0n) is 25.0. The summed E-state index contributed by atoms with van der Waals surface area (Å²) < 4.78 is 24.4. The molecule has 1 atom stereocenters. The Kier molecular flexibility index (Phi) is 12.1. The van der Waals surface area contributed by atoms with Gasteiger partial charge in [-0.1, -0.05) is 19.6 Å². The Balaban J connectivity index is 1.73. The van der Waals surface area contributed by atoms with Gasteiger partial charge in [0.2, 0.25) is 5.91 Å². The van der Waals surface area contributed by atoms with Crippen molar-refractivity contribution in [2.24, 2.45) is 0 Å². The molecule has 0 fully saturated rings. The number of amides is 2. The Morgan fingerprint density at radius 1 is 1.17 bits per heavy atom. The Hall–Kier alpha value is -2.80. The lowest BCUT2D eigenvalue weighted by Gasteiger charge is -2.19. The maximum Gasteiger partial charge on any atom is 0.270 e. The van der Waals surface area contributed by atoms with Crippen LogP contribution in [0.2, 0.25) is 25.7 Å². The number of aromatic nitrogens is 5. The first-order valence-electron chi connectivity index (χ1n) is 14.0. The molecule has 0 aliphatic rings. The number of hydrogen-bond donors (Lipinski definition) is 2. The van der Waals surface area contributed by atoms with E-state index in [-0.39, 0.29) is 12.2 Å². The van der Waals surface area contributed by atoms with Crippen molar-refractivity contribution in [1.29, 1.82) is 0 Å². The predicted octanol–water partition coefficient (Wildman–Crippen LogP) is 5.94. The summed E-state index contributed by atoms with van der Waals surface area (Å²) in [5, 5.41) is 13.9. The van der Waals surface area contributed by atoms with E-state index in [2.05, 4.69) is 45.5 Å². The van der Waals surface area contributed by atoms with Crippen molar-refractivity contribution < 1.29 is 18.7 Å². The van der Waals surface area contributed by atoms with E-state index in [1.54, 1.807) is 10.7 Å². The molecule has 14 heteroatoms. The third-order valence-corrected chi connectivity index (χ3v) is 8.89. The van der Waals surface area contributed by atoms with Crippen molar-refractivity contribution in [3.8, 4) is 11.1 Å². The SMILES string of the molecule is CCn1nccc1C(=O)NC(CCCC(Cl)Cl)C(=O)Nc1ncc(-c2c(C)nn(COCC[Si](C)(C)C)c2C)cc1F. The highest BCUT2D eigenvalue weighted by Gasteiger charge is 2.25. The molecule has 3 heterocycles. The van der Waals surface area contributed by atoms with Crippen molar-refractivity contribution in [2.75, 3.05) is 11.9 Å². The molecule has 0 saturated heterocycles. The van der Waals surface area contributed by atoms with E-state index >= 15 is 4.39 Å². The van der Waals surface area contributed by atoms with E-state index in [1.807, 2.05) is 20.8 Å². The first-order chi connectivity index (χ1) is 19.8. The molecule has 2 amide bonds. The number of rotatable bonds is 15. The maximum absolute atomic E-state index is 15.3. The largest absolute Gasteiger partial charge is 0.360 e. The van der Waals surface area contributed by atoms with Gasteiger partial charge in [0.25, 0.3) is 5.91 Å². The van der Waals surface area contributed by atoms with Crippen LogP contribution < -0.4 is 10.6 Å². The van der Waals surface area contributed by atoms with E-state index in [0.29, 0.717) is 49.7 Å². The molecule has 0 spiro atoms. The number of ether oxygens (including phenoxy) is 1. The number of carbonyl (C=O) groups excluding carboxylic acids is 2. The van der Waals surface area contributed by atoms with Gasteiger partial charge in [-0.3, -0.25) is 14.3 Å². The van der Waals surface area contributed by atoms with E-state index in [4.69, 9.17) is 27.9 Å². The Morgan fingerprint density at radius 3 is 2.55 bits per heavy atom. The van der Waals surface area contributed by atoms with Crippen molar-refractivity contribution in [2.45, 2.75) is 89.9 Å². The van der Waals surface area contributed by atoms with Gasteiger partial charge >= 0.3 is 0 Å². The van der Waals surface area contributed by atoms with Crippen LogP contribution in [0.15, 0.2) is 24.5 Å². The summed E-state index contributed by atoms with van der Waals surface area (Å²) in [6.07, 6.45) is 4.12. The average Bonchev–Trinajstić information content (AvgIpc) is 3.50. The van der Waals surface area contributed by atoms with Crippen LogP contribution in [0.3, 0.4) is 0 Å². The molecule has 1 unspecified atom stereocenters. The van der Waals surface area contributed by atoms with Gasteiger partial charge in [0.05, 0.1) is 5.69 Å². The molecule has 42 heavy (non-hydrogen) atoms. The lowest BCUT2D eigenvalue weighted by atomic mass is 10.1. The van der Waals surface area contributed by atoms with Crippen LogP contribution in [0.25, 0.3) is 11.1 Å². The van der Waals surface area contributed by atoms with Gasteiger partial charge in [0.15, 0.2) is 11.6 Å². The number of hydrogen-bond acceptors (Lipinski definition) is 6. The molecule has 0 aromatic carbocycles. The van der Waals surface area contributed by atoms with Gasteiger partial charge in [-0.25, -0.2) is 14.1 Å². The van der Waals surface area contributed by atoms with Crippen LogP contribution in [0.1, 0.15) is 48.1 Å². The molecular formula is C28H40Cl2FN7O3Si. The quantitative estimate of drug-likeness (QED) is 0.121. The van der Waals surface area contributed by atoms with Crippen molar-refractivity contribution in [3.63, 3.8) is 0 Å². The third kappa shape index (κ3) is 9.35. The van der Waals surface area contributed by atoms with Gasteiger partial charge in [-0.05, 0) is 58.2 Å². The van der Waals surface area contributed by atoms with E-state index < -0.39 is 36.6 Å². The molecule has 0 radical (unpaired) electrons. The van der Waals surface area contributed by atoms with E-state index in [0.717, 1.165) is 17.3 Å². The topological polar surface area (TPSA) is 116 Å². The third-order valence-electron chi connectivity index (χ3n) is 6.75.